The molecule has 0 spiro atoms. The maximum Gasteiger partial charge on any atom is 0.335 e. The Morgan fingerprint density at radius 3 is 1.26 bits per heavy atom. The number of amides is 4. The topological polar surface area (TPSA) is 184 Å². The van der Waals surface area contributed by atoms with Crippen LogP contribution in [0.4, 0.5) is 5.69 Å². The van der Waals surface area contributed by atoms with Crippen LogP contribution in [0.3, 0.4) is 0 Å². The summed E-state index contributed by atoms with van der Waals surface area (Å²) in [6.45, 7) is 6.59. The lowest BCUT2D eigenvalue weighted by atomic mass is 10.3. The molecule has 0 radical (unpaired) electrons. The van der Waals surface area contributed by atoms with Crippen LogP contribution in [0.5, 0.6) is 5.75 Å². The Kier molecular flexibility index (Phi) is 20.5. The first-order valence-electron chi connectivity index (χ1n) is 16.4. The molecule has 0 saturated carbocycles. The number of imide groups is 2. The summed E-state index contributed by atoms with van der Waals surface area (Å²) in [5.74, 6) is -1.85. The van der Waals surface area contributed by atoms with E-state index in [9.17, 15) is 24.0 Å². The number of carbonyl (C=O) groups is 5. The van der Waals surface area contributed by atoms with Crippen molar-refractivity contribution in [3.63, 3.8) is 0 Å². The number of anilines is 1. The van der Waals surface area contributed by atoms with E-state index in [2.05, 4.69) is 0 Å². The van der Waals surface area contributed by atoms with Crippen LogP contribution >= 0.6 is 0 Å². The van der Waals surface area contributed by atoms with Crippen LogP contribution in [0.15, 0.2) is 36.4 Å². The lowest BCUT2D eigenvalue weighted by molar-refractivity contribution is -0.198. The zero-order chi connectivity index (χ0) is 35.7. The summed E-state index contributed by atoms with van der Waals surface area (Å²) in [5, 5.41) is 0.513. The van der Waals surface area contributed by atoms with E-state index in [0.29, 0.717) is 116 Å². The van der Waals surface area contributed by atoms with Gasteiger partial charge in [0.1, 0.15) is 12.4 Å². The van der Waals surface area contributed by atoms with E-state index in [1.54, 1.807) is 24.3 Å². The molecular formula is C33H46N2O15. The highest BCUT2D eigenvalue weighted by molar-refractivity contribution is 6.28. The van der Waals surface area contributed by atoms with Crippen molar-refractivity contribution in [3.8, 4) is 5.75 Å². The normalized spacial score (nSPS) is 14.4. The molecule has 0 N–H and O–H groups in total. The molecule has 0 bridgehead atoms. The van der Waals surface area contributed by atoms with E-state index in [-0.39, 0.29) is 44.3 Å². The van der Waals surface area contributed by atoms with Crippen LogP contribution in [-0.4, -0.2) is 147 Å². The quantitative estimate of drug-likeness (QED) is 0.0799. The summed E-state index contributed by atoms with van der Waals surface area (Å²) in [6.07, 6.45) is 2.51. The number of hydrogen-bond donors (Lipinski definition) is 0. The number of nitrogens with zero attached hydrogens (tertiary/aromatic N) is 2. The highest BCUT2D eigenvalue weighted by Gasteiger charge is 2.32. The molecule has 2 heterocycles. The molecule has 2 aliphatic rings. The van der Waals surface area contributed by atoms with Gasteiger partial charge in [-0.1, -0.05) is 0 Å². The van der Waals surface area contributed by atoms with Gasteiger partial charge < -0.3 is 47.5 Å². The molecule has 1 saturated heterocycles. The molecule has 3 rings (SSSR count). The van der Waals surface area contributed by atoms with E-state index in [1.807, 2.05) is 0 Å². The molecule has 0 unspecified atom stereocenters. The zero-order valence-corrected chi connectivity index (χ0v) is 28.1. The molecule has 2 aliphatic heterocycles. The van der Waals surface area contributed by atoms with Gasteiger partial charge in [-0.25, -0.2) is 9.69 Å². The Labute approximate surface area is 290 Å². The first-order chi connectivity index (χ1) is 24.5. The summed E-state index contributed by atoms with van der Waals surface area (Å²) in [7, 11) is 0. The standard InChI is InChI=1S/C33H46N2O15/c36-29-5-6-30(37)34(29)27-1-3-28(4-2-27)49-26-25-48-24-23-47-22-21-46-20-19-45-18-17-44-16-15-43-14-13-42-12-11-41-10-9-33(40)50-35-31(38)7-8-32(35)39/h1-6H,7-26H2. The van der Waals surface area contributed by atoms with Crippen molar-refractivity contribution >= 4 is 35.3 Å². The van der Waals surface area contributed by atoms with Crippen LogP contribution in [0.2, 0.25) is 0 Å². The van der Waals surface area contributed by atoms with E-state index in [4.69, 9.17) is 47.5 Å². The predicted octanol–water partition coefficient (Wildman–Crippen LogP) is 0.625. The van der Waals surface area contributed by atoms with Crippen molar-refractivity contribution in [2.75, 3.05) is 117 Å². The van der Waals surface area contributed by atoms with Gasteiger partial charge in [-0.15, -0.1) is 5.06 Å². The first kappa shape index (κ1) is 40.6. The molecule has 1 aromatic rings. The third-order valence-electron chi connectivity index (χ3n) is 6.65. The monoisotopic (exact) mass is 710 g/mol. The van der Waals surface area contributed by atoms with Gasteiger partial charge in [0.15, 0.2) is 0 Å². The number of hydroxylamine groups is 2. The van der Waals surface area contributed by atoms with Crippen LogP contribution in [0.25, 0.3) is 0 Å². The number of ether oxygens (including phenoxy) is 9. The lowest BCUT2D eigenvalue weighted by Crippen LogP contribution is -2.32. The zero-order valence-electron chi connectivity index (χ0n) is 28.1. The first-order valence-corrected chi connectivity index (χ1v) is 16.4. The molecule has 17 heteroatoms. The molecule has 17 nitrogen and oxygen atoms in total. The molecule has 0 atom stereocenters. The van der Waals surface area contributed by atoms with Crippen LogP contribution in [0, 0.1) is 0 Å². The highest BCUT2D eigenvalue weighted by Crippen LogP contribution is 2.22. The Morgan fingerprint density at radius 1 is 0.500 bits per heavy atom. The van der Waals surface area contributed by atoms with Crippen LogP contribution in [0.1, 0.15) is 19.3 Å². The van der Waals surface area contributed by atoms with Gasteiger partial charge in [0.05, 0.1) is 118 Å². The van der Waals surface area contributed by atoms with Gasteiger partial charge in [0.2, 0.25) is 0 Å². The third kappa shape index (κ3) is 16.7. The fourth-order valence-corrected chi connectivity index (χ4v) is 4.17. The Hall–Kier alpha value is -3.81. The molecule has 0 aromatic heterocycles. The van der Waals surface area contributed by atoms with Gasteiger partial charge >= 0.3 is 5.97 Å². The average Bonchev–Trinajstić information content (AvgIpc) is 3.62. The number of carbonyl (C=O) groups excluding carboxylic acids is 5. The highest BCUT2D eigenvalue weighted by atomic mass is 16.7. The summed E-state index contributed by atoms with van der Waals surface area (Å²) in [5.41, 5.74) is 0.492. The Balaban J connectivity index is 0.954. The maximum absolute atomic E-state index is 11.7. The number of benzene rings is 1. The van der Waals surface area contributed by atoms with Gasteiger partial charge in [0.25, 0.3) is 23.6 Å². The van der Waals surface area contributed by atoms with E-state index < -0.39 is 17.8 Å². The van der Waals surface area contributed by atoms with Gasteiger partial charge in [-0.3, -0.25) is 19.2 Å². The smallest absolute Gasteiger partial charge is 0.335 e. The maximum atomic E-state index is 11.7. The van der Waals surface area contributed by atoms with Gasteiger partial charge in [-0.05, 0) is 24.3 Å². The summed E-state index contributed by atoms with van der Waals surface area (Å²) >= 11 is 0. The van der Waals surface area contributed by atoms with Crippen molar-refractivity contribution in [3.05, 3.63) is 36.4 Å². The van der Waals surface area contributed by atoms with Gasteiger partial charge in [-0.2, -0.15) is 0 Å². The average molecular weight is 711 g/mol. The molecule has 1 aromatic carbocycles. The molecule has 50 heavy (non-hydrogen) atoms. The van der Waals surface area contributed by atoms with Gasteiger partial charge in [0, 0.05) is 25.0 Å². The molecule has 278 valence electrons. The Bertz CT molecular complexity index is 1180. The van der Waals surface area contributed by atoms with Crippen LogP contribution in [-0.2, 0) is 66.7 Å². The van der Waals surface area contributed by atoms with E-state index >= 15 is 0 Å². The second-order valence-corrected chi connectivity index (χ2v) is 10.4. The predicted molar refractivity (Wildman–Crippen MR) is 172 cm³/mol. The number of hydrogen-bond acceptors (Lipinski definition) is 15. The second kappa shape index (κ2) is 25.2. The molecule has 0 aliphatic carbocycles. The second-order valence-electron chi connectivity index (χ2n) is 10.4. The van der Waals surface area contributed by atoms with Crippen molar-refractivity contribution in [2.45, 2.75) is 19.3 Å². The van der Waals surface area contributed by atoms with Crippen molar-refractivity contribution in [1.29, 1.82) is 0 Å². The molecular weight excluding hydrogens is 664 g/mol. The fourth-order valence-electron chi connectivity index (χ4n) is 4.17. The third-order valence-corrected chi connectivity index (χ3v) is 6.65. The molecule has 1 fully saturated rings. The minimum atomic E-state index is -0.706. The SMILES string of the molecule is O=C(CCOCCOCCOCCOCCOCCOCCOCCOCCOc1ccc(N2C(=O)C=CC2=O)cc1)ON1C(=O)CCC1=O. The fraction of sp³-hybridized carbons (Fsp3) is 0.606. The number of rotatable bonds is 30. The van der Waals surface area contributed by atoms with E-state index in [1.165, 1.54) is 12.2 Å². The van der Waals surface area contributed by atoms with Crippen molar-refractivity contribution in [2.24, 2.45) is 0 Å². The minimum Gasteiger partial charge on any atom is -0.491 e. The van der Waals surface area contributed by atoms with Crippen molar-refractivity contribution in [1.82, 2.24) is 5.06 Å². The van der Waals surface area contributed by atoms with E-state index in [0.717, 1.165) is 4.90 Å². The summed E-state index contributed by atoms with van der Waals surface area (Å²) in [6, 6.07) is 6.70. The van der Waals surface area contributed by atoms with Crippen molar-refractivity contribution < 1.29 is 71.4 Å². The lowest BCUT2D eigenvalue weighted by Gasteiger charge is -2.14. The molecule has 4 amide bonds. The largest absolute Gasteiger partial charge is 0.491 e. The van der Waals surface area contributed by atoms with Crippen LogP contribution < -0.4 is 9.64 Å². The summed E-state index contributed by atoms with van der Waals surface area (Å²) in [4.78, 5) is 63.7. The summed E-state index contributed by atoms with van der Waals surface area (Å²) < 4.78 is 49.0. The minimum absolute atomic E-state index is 0.0535. The Morgan fingerprint density at radius 2 is 0.860 bits per heavy atom.